The van der Waals surface area contributed by atoms with Crippen LogP contribution < -0.4 is 0 Å². The number of hydrogen-bond acceptors (Lipinski definition) is 0. The first kappa shape index (κ1) is 19.1. The molecule has 0 bridgehead atoms. The standard InChI is InChI=1S/2CO.Mo/c2*1-2;/q;;+2. The molecule has 0 aromatic carbocycles. The molecule has 0 saturated carbocycles. The Morgan fingerprint density at radius 3 is 0.800 bits per heavy atom. The van der Waals surface area contributed by atoms with Gasteiger partial charge in [-0.3, -0.25) is 0 Å². The van der Waals surface area contributed by atoms with Gasteiger partial charge >= 0.3 is 43.7 Å². The van der Waals surface area contributed by atoms with Gasteiger partial charge < -0.3 is 0 Å². The SMILES string of the molecule is [C-]#[O+].[C-]#[O+].[Mo+2]. The maximum atomic E-state index is 7.50. The van der Waals surface area contributed by atoms with Gasteiger partial charge in [-0.2, -0.15) is 0 Å². The molecule has 0 fully saturated rings. The smallest absolute Gasteiger partial charge is 2.00 e. The summed E-state index contributed by atoms with van der Waals surface area (Å²) in [6.07, 6.45) is 0. The van der Waals surface area contributed by atoms with Gasteiger partial charge in [-0.25, -0.2) is 0 Å². The monoisotopic (exact) mass is 154 g/mol. The van der Waals surface area contributed by atoms with Crippen LogP contribution in [0.3, 0.4) is 0 Å². The molecule has 0 N–H and O–H groups in total. The third kappa shape index (κ3) is 692. The van der Waals surface area contributed by atoms with Crippen molar-refractivity contribution in [3.05, 3.63) is 13.3 Å². The molecule has 0 atom stereocenters. The van der Waals surface area contributed by atoms with Crippen LogP contribution in [0.4, 0.5) is 0 Å². The van der Waals surface area contributed by atoms with Crippen LogP contribution in [0.5, 0.6) is 0 Å². The predicted molar refractivity (Wildman–Crippen MR) is 7.86 cm³/mol. The van der Waals surface area contributed by atoms with E-state index in [1.165, 1.54) is 0 Å². The van der Waals surface area contributed by atoms with E-state index in [0.717, 1.165) is 0 Å². The van der Waals surface area contributed by atoms with Crippen molar-refractivity contribution in [3.63, 3.8) is 0 Å². The summed E-state index contributed by atoms with van der Waals surface area (Å²) >= 11 is 0. The summed E-state index contributed by atoms with van der Waals surface area (Å²) in [5, 5.41) is 0. The molecule has 0 amide bonds. The van der Waals surface area contributed by atoms with E-state index in [0.29, 0.717) is 0 Å². The van der Waals surface area contributed by atoms with Gasteiger partial charge in [-0.05, 0) is 0 Å². The zero-order chi connectivity index (χ0) is 4.00. The van der Waals surface area contributed by atoms with Gasteiger partial charge in [-0.15, -0.1) is 0 Å². The molecular formula is C2MoO2+2. The molecule has 0 saturated heterocycles. The molecule has 0 aromatic heterocycles. The fourth-order valence-electron chi connectivity index (χ4n) is 0. The van der Waals surface area contributed by atoms with Crippen molar-refractivity contribution in [2.24, 2.45) is 0 Å². The summed E-state index contributed by atoms with van der Waals surface area (Å²) in [7, 11) is 0. The van der Waals surface area contributed by atoms with Gasteiger partial charge in [0.05, 0.1) is 0 Å². The fourth-order valence-corrected chi connectivity index (χ4v) is 0. The van der Waals surface area contributed by atoms with Crippen molar-refractivity contribution in [3.8, 4) is 0 Å². The van der Waals surface area contributed by atoms with Crippen molar-refractivity contribution in [1.82, 2.24) is 0 Å². The van der Waals surface area contributed by atoms with E-state index in [2.05, 4.69) is 13.3 Å². The fraction of sp³-hybridized carbons (Fsp3) is 0. The van der Waals surface area contributed by atoms with Crippen LogP contribution in [0.1, 0.15) is 0 Å². The van der Waals surface area contributed by atoms with E-state index in [9.17, 15) is 0 Å². The van der Waals surface area contributed by atoms with Gasteiger partial charge in [0, 0.05) is 0 Å². The molecule has 0 unspecified atom stereocenters. The second kappa shape index (κ2) is 1480. The summed E-state index contributed by atoms with van der Waals surface area (Å²) in [6.45, 7) is 9.00. The van der Waals surface area contributed by atoms with Crippen molar-refractivity contribution in [1.29, 1.82) is 0 Å². The zero-order valence-electron chi connectivity index (χ0n) is 2.22. The van der Waals surface area contributed by atoms with E-state index < -0.39 is 0 Å². The Balaban J connectivity index is -0.0000000133. The third-order valence-corrected chi connectivity index (χ3v) is 0. The summed E-state index contributed by atoms with van der Waals surface area (Å²) in [5.74, 6) is 0. The molecule has 0 aliphatic rings. The Hall–Kier alpha value is 0.168. The van der Waals surface area contributed by atoms with Gasteiger partial charge in [0.2, 0.25) is 0 Å². The van der Waals surface area contributed by atoms with Gasteiger partial charge in [0.25, 0.3) is 0 Å². The third-order valence-electron chi connectivity index (χ3n) is 0. The van der Waals surface area contributed by atoms with Crippen LogP contribution in [0, 0.1) is 13.3 Å². The molecule has 5 heavy (non-hydrogen) atoms. The Kier molecular flexibility index (Phi) is 5640. The number of hydrogen-bond donors (Lipinski definition) is 0. The Bertz CT molecular complexity index is 23.1. The van der Waals surface area contributed by atoms with Crippen LogP contribution in [0.2, 0.25) is 0 Å². The van der Waals surface area contributed by atoms with Crippen molar-refractivity contribution < 1.29 is 30.4 Å². The second-order valence-corrected chi connectivity index (χ2v) is 0. The van der Waals surface area contributed by atoms with E-state index in [1.807, 2.05) is 0 Å². The van der Waals surface area contributed by atoms with Gasteiger partial charge in [0.1, 0.15) is 0 Å². The molecule has 0 aliphatic heterocycles. The van der Waals surface area contributed by atoms with Crippen molar-refractivity contribution in [2.45, 2.75) is 0 Å². The first-order chi connectivity index (χ1) is 2.00. The molecule has 2 nitrogen and oxygen atoms in total. The first-order valence-corrected chi connectivity index (χ1v) is 0.408. The number of rotatable bonds is 0. The van der Waals surface area contributed by atoms with Gasteiger partial charge in [0.15, 0.2) is 0 Å². The van der Waals surface area contributed by atoms with Crippen LogP contribution in [-0.2, 0) is 30.4 Å². The Morgan fingerprint density at radius 2 is 0.800 bits per heavy atom. The summed E-state index contributed by atoms with van der Waals surface area (Å²) in [6, 6.07) is 0. The summed E-state index contributed by atoms with van der Waals surface area (Å²) in [4.78, 5) is 0. The molecule has 24 valence electrons. The van der Waals surface area contributed by atoms with Crippen LogP contribution in [0.25, 0.3) is 0 Å². The maximum Gasteiger partial charge on any atom is 2.00 e. The molecule has 0 aliphatic carbocycles. The van der Waals surface area contributed by atoms with Crippen molar-refractivity contribution >= 4 is 0 Å². The van der Waals surface area contributed by atoms with E-state index in [1.54, 1.807) is 0 Å². The molecular weight excluding hydrogens is 152 g/mol. The average Bonchev–Trinajstić information content (AvgIpc) is 1.50. The molecule has 0 spiro atoms. The Morgan fingerprint density at radius 1 is 0.800 bits per heavy atom. The molecule has 0 aromatic rings. The average molecular weight is 152 g/mol. The topological polar surface area (TPSA) is 39.8 Å². The quantitative estimate of drug-likeness (QED) is 0.264. The Labute approximate surface area is 44.3 Å². The maximum absolute atomic E-state index is 7.50. The van der Waals surface area contributed by atoms with Crippen molar-refractivity contribution in [2.75, 3.05) is 0 Å². The molecule has 3 heteroatoms. The van der Waals surface area contributed by atoms with Gasteiger partial charge in [-0.1, -0.05) is 0 Å². The van der Waals surface area contributed by atoms with Crippen LogP contribution in [0.15, 0.2) is 0 Å². The van der Waals surface area contributed by atoms with E-state index in [-0.39, 0.29) is 21.1 Å². The molecule has 0 heterocycles. The minimum Gasteiger partial charge on any atom is 2.00 e. The second-order valence-electron chi connectivity index (χ2n) is 0. The molecule has 0 rings (SSSR count). The van der Waals surface area contributed by atoms with E-state index in [4.69, 9.17) is 9.30 Å². The largest absolute Gasteiger partial charge is 2.00 e. The van der Waals surface area contributed by atoms with Crippen LogP contribution >= 0.6 is 0 Å². The predicted octanol–water partition coefficient (Wildman–Crippen LogP) is -0.0775. The summed E-state index contributed by atoms with van der Waals surface area (Å²) in [5.41, 5.74) is 0. The summed E-state index contributed by atoms with van der Waals surface area (Å²) < 4.78 is 15.0. The van der Waals surface area contributed by atoms with E-state index >= 15 is 0 Å². The minimum atomic E-state index is 0. The molecule has 0 radical (unpaired) electrons. The normalized spacial score (nSPS) is 0.800. The minimum absolute atomic E-state index is 0. The first-order valence-electron chi connectivity index (χ1n) is 0.408. The van der Waals surface area contributed by atoms with Crippen LogP contribution in [-0.4, -0.2) is 0 Å². The zero-order valence-corrected chi connectivity index (χ0v) is 4.23.